The Balaban J connectivity index is 1.90. The van der Waals surface area contributed by atoms with Crippen LogP contribution in [0, 0.1) is 20.8 Å². The molecule has 0 aliphatic heterocycles. The second kappa shape index (κ2) is 6.54. The normalized spacial score (nSPS) is 10.7. The number of benzene rings is 2. The van der Waals surface area contributed by atoms with Crippen LogP contribution in [0.5, 0.6) is 0 Å². The lowest BCUT2D eigenvalue weighted by atomic mass is 10.1. The lowest BCUT2D eigenvalue weighted by Crippen LogP contribution is -2.13. The van der Waals surface area contributed by atoms with Gasteiger partial charge in [-0.25, -0.2) is 0 Å². The fourth-order valence-electron chi connectivity index (χ4n) is 2.64. The van der Waals surface area contributed by atoms with Gasteiger partial charge in [-0.3, -0.25) is 4.79 Å². The number of carbonyl (C=O) groups excluding carboxylic acids is 1. The van der Waals surface area contributed by atoms with E-state index in [1.54, 1.807) is 19.1 Å². The molecule has 2 aromatic carbocycles. The highest BCUT2D eigenvalue weighted by atomic mass is 35.5. The summed E-state index contributed by atoms with van der Waals surface area (Å²) in [5, 5.41) is 3.53. The van der Waals surface area contributed by atoms with Gasteiger partial charge in [-0.2, -0.15) is 0 Å². The van der Waals surface area contributed by atoms with E-state index in [0.717, 1.165) is 22.4 Å². The van der Waals surface area contributed by atoms with Gasteiger partial charge < -0.3 is 9.73 Å². The van der Waals surface area contributed by atoms with Gasteiger partial charge in [-0.1, -0.05) is 41.4 Å². The number of anilines is 1. The second-order valence-electron chi connectivity index (χ2n) is 5.83. The van der Waals surface area contributed by atoms with Crippen LogP contribution >= 0.6 is 11.6 Å². The molecule has 0 fully saturated rings. The molecule has 3 aromatic rings. The molecule has 3 rings (SSSR count). The molecule has 24 heavy (non-hydrogen) atoms. The monoisotopic (exact) mass is 339 g/mol. The Morgan fingerprint density at radius 1 is 1.04 bits per heavy atom. The van der Waals surface area contributed by atoms with Crippen molar-refractivity contribution >= 4 is 23.2 Å². The highest BCUT2D eigenvalue weighted by molar-refractivity contribution is 6.33. The smallest absolute Gasteiger partial charge is 0.259 e. The van der Waals surface area contributed by atoms with Crippen LogP contribution in [0.25, 0.3) is 11.3 Å². The Labute approximate surface area is 146 Å². The van der Waals surface area contributed by atoms with E-state index in [1.807, 2.05) is 50.2 Å². The first-order chi connectivity index (χ1) is 11.5. The predicted octanol–water partition coefficient (Wildman–Crippen LogP) is 5.78. The zero-order chi connectivity index (χ0) is 17.3. The molecule has 0 spiro atoms. The molecule has 0 bridgehead atoms. The summed E-state index contributed by atoms with van der Waals surface area (Å²) in [5.74, 6) is 0.956. The minimum atomic E-state index is -0.193. The van der Waals surface area contributed by atoms with Crippen LogP contribution in [0.2, 0.25) is 5.02 Å². The first kappa shape index (κ1) is 16.3. The molecule has 1 heterocycles. The third kappa shape index (κ3) is 3.22. The molecule has 0 radical (unpaired) electrons. The third-order valence-electron chi connectivity index (χ3n) is 3.93. The summed E-state index contributed by atoms with van der Waals surface area (Å²) in [4.78, 5) is 12.6. The van der Waals surface area contributed by atoms with E-state index >= 15 is 0 Å². The van der Waals surface area contributed by atoms with Gasteiger partial charge in [-0.15, -0.1) is 0 Å². The summed E-state index contributed by atoms with van der Waals surface area (Å²) in [6.07, 6.45) is 0. The molecule has 0 unspecified atom stereocenters. The minimum Gasteiger partial charge on any atom is -0.460 e. The molecule has 0 aliphatic rings. The van der Waals surface area contributed by atoms with Gasteiger partial charge in [0.2, 0.25) is 0 Å². The minimum absolute atomic E-state index is 0.193. The average Bonchev–Trinajstić information content (AvgIpc) is 2.92. The second-order valence-corrected chi connectivity index (χ2v) is 6.24. The summed E-state index contributed by atoms with van der Waals surface area (Å²) >= 11 is 6.20. The number of aryl methyl sites for hydroxylation is 3. The van der Waals surface area contributed by atoms with Crippen molar-refractivity contribution in [2.75, 3.05) is 5.32 Å². The maximum atomic E-state index is 12.6. The highest BCUT2D eigenvalue weighted by Crippen LogP contribution is 2.31. The van der Waals surface area contributed by atoms with Crippen LogP contribution in [0.3, 0.4) is 0 Å². The Bertz CT molecular complexity index is 912. The van der Waals surface area contributed by atoms with Crippen molar-refractivity contribution in [1.82, 2.24) is 0 Å². The van der Waals surface area contributed by atoms with Crippen LogP contribution in [0.15, 0.2) is 52.9 Å². The summed E-state index contributed by atoms with van der Waals surface area (Å²) in [7, 11) is 0. The third-order valence-corrected chi connectivity index (χ3v) is 4.26. The quantitative estimate of drug-likeness (QED) is 0.657. The van der Waals surface area contributed by atoms with Crippen molar-refractivity contribution in [3.05, 3.63) is 76.0 Å². The molecule has 4 heteroatoms. The van der Waals surface area contributed by atoms with Crippen molar-refractivity contribution in [1.29, 1.82) is 0 Å². The summed E-state index contributed by atoms with van der Waals surface area (Å²) in [6, 6.07) is 15.1. The van der Waals surface area contributed by atoms with E-state index in [0.29, 0.717) is 22.1 Å². The molecule has 3 nitrogen and oxygen atoms in total. The molecular weight excluding hydrogens is 322 g/mol. The highest BCUT2D eigenvalue weighted by Gasteiger charge is 2.17. The standard InChI is InChI=1S/C20H18ClNO2/c1-12-8-9-18(13(2)10-12)22-20(23)16-11-19(24-14(16)3)15-6-4-5-7-17(15)21/h4-11H,1-3H3,(H,22,23). The van der Waals surface area contributed by atoms with E-state index in [-0.39, 0.29) is 5.91 Å². The maximum absolute atomic E-state index is 12.6. The number of carbonyl (C=O) groups is 1. The molecule has 1 aromatic heterocycles. The first-order valence-electron chi connectivity index (χ1n) is 7.69. The van der Waals surface area contributed by atoms with Crippen LogP contribution in [0.1, 0.15) is 27.2 Å². The number of furan rings is 1. The Kier molecular flexibility index (Phi) is 4.45. The fourth-order valence-corrected chi connectivity index (χ4v) is 2.87. The zero-order valence-electron chi connectivity index (χ0n) is 13.8. The SMILES string of the molecule is Cc1ccc(NC(=O)c2cc(-c3ccccc3Cl)oc2C)c(C)c1. The zero-order valence-corrected chi connectivity index (χ0v) is 14.6. The van der Waals surface area contributed by atoms with Gasteiger partial charge in [-0.05, 0) is 50.6 Å². The number of amides is 1. The molecule has 0 atom stereocenters. The fraction of sp³-hybridized carbons (Fsp3) is 0.150. The van der Waals surface area contributed by atoms with E-state index in [2.05, 4.69) is 5.32 Å². The van der Waals surface area contributed by atoms with E-state index in [1.165, 1.54) is 0 Å². The average molecular weight is 340 g/mol. The van der Waals surface area contributed by atoms with Crippen LogP contribution in [-0.4, -0.2) is 5.91 Å². The molecule has 122 valence electrons. The largest absolute Gasteiger partial charge is 0.460 e. The van der Waals surface area contributed by atoms with Crippen LogP contribution in [0.4, 0.5) is 5.69 Å². The number of hydrogen-bond donors (Lipinski definition) is 1. The Hall–Kier alpha value is -2.52. The van der Waals surface area contributed by atoms with Gasteiger partial charge in [0, 0.05) is 11.3 Å². The van der Waals surface area contributed by atoms with Crippen molar-refractivity contribution in [2.24, 2.45) is 0 Å². The van der Waals surface area contributed by atoms with Crippen molar-refractivity contribution in [3.63, 3.8) is 0 Å². The van der Waals surface area contributed by atoms with Gasteiger partial charge in [0.25, 0.3) is 5.91 Å². The predicted molar refractivity (Wildman–Crippen MR) is 97.8 cm³/mol. The number of hydrogen-bond acceptors (Lipinski definition) is 2. The summed E-state index contributed by atoms with van der Waals surface area (Å²) in [6.45, 7) is 5.77. The molecule has 0 aliphatic carbocycles. The van der Waals surface area contributed by atoms with Crippen molar-refractivity contribution < 1.29 is 9.21 Å². The number of nitrogens with one attached hydrogen (secondary N) is 1. The van der Waals surface area contributed by atoms with E-state index in [4.69, 9.17) is 16.0 Å². The summed E-state index contributed by atoms with van der Waals surface area (Å²) < 4.78 is 5.74. The van der Waals surface area contributed by atoms with Gasteiger partial charge in [0.05, 0.1) is 10.6 Å². The lowest BCUT2D eigenvalue weighted by Gasteiger charge is -2.08. The van der Waals surface area contributed by atoms with E-state index in [9.17, 15) is 4.79 Å². The van der Waals surface area contributed by atoms with Crippen LogP contribution < -0.4 is 5.32 Å². The van der Waals surface area contributed by atoms with Gasteiger partial charge in [0.15, 0.2) is 0 Å². The topological polar surface area (TPSA) is 42.2 Å². The number of rotatable bonds is 3. The molecule has 1 N–H and O–H groups in total. The molecule has 1 amide bonds. The maximum Gasteiger partial charge on any atom is 0.259 e. The Morgan fingerprint density at radius 2 is 1.79 bits per heavy atom. The first-order valence-corrected chi connectivity index (χ1v) is 8.07. The van der Waals surface area contributed by atoms with Crippen LogP contribution in [-0.2, 0) is 0 Å². The molecular formula is C20H18ClNO2. The van der Waals surface area contributed by atoms with Crippen molar-refractivity contribution in [3.8, 4) is 11.3 Å². The van der Waals surface area contributed by atoms with Gasteiger partial charge >= 0.3 is 0 Å². The summed E-state index contributed by atoms with van der Waals surface area (Å²) in [5.41, 5.74) is 4.25. The molecule has 0 saturated heterocycles. The Morgan fingerprint density at radius 3 is 2.50 bits per heavy atom. The van der Waals surface area contributed by atoms with Crippen molar-refractivity contribution in [2.45, 2.75) is 20.8 Å². The lowest BCUT2D eigenvalue weighted by molar-refractivity contribution is 0.102. The molecule has 0 saturated carbocycles. The van der Waals surface area contributed by atoms with Gasteiger partial charge in [0.1, 0.15) is 11.5 Å². The van der Waals surface area contributed by atoms with E-state index < -0.39 is 0 Å². The number of halogens is 1.